The van der Waals surface area contributed by atoms with E-state index in [1.54, 1.807) is 18.2 Å². The predicted octanol–water partition coefficient (Wildman–Crippen LogP) is -1.92. The number of carboxylic acids is 1. The number of benzene rings is 1. The number of hydrogen-bond acceptors (Lipinski definition) is 3. The Balaban J connectivity index is 0.00000112. The van der Waals surface area contributed by atoms with Crippen LogP contribution in [0.25, 0.3) is 5.69 Å². The summed E-state index contributed by atoms with van der Waals surface area (Å²) in [5.74, 6) is -0.988. The first kappa shape index (κ1) is 12.5. The molecule has 15 heavy (non-hydrogen) atoms. The normalized spacial score (nSPS) is 9.33. The van der Waals surface area contributed by atoms with Gasteiger partial charge in [0.25, 0.3) is 0 Å². The van der Waals surface area contributed by atoms with E-state index in [-0.39, 0.29) is 58.4 Å². The van der Waals surface area contributed by atoms with Crippen molar-refractivity contribution in [2.45, 2.75) is 0 Å². The number of rotatable bonds is 2. The van der Waals surface area contributed by atoms with Gasteiger partial charge in [-0.15, -0.1) is 0 Å². The van der Waals surface area contributed by atoms with Crippen LogP contribution in [0.15, 0.2) is 36.7 Å². The first-order valence-corrected chi connectivity index (χ1v) is 3.98. The Bertz CT molecular complexity index is 462. The van der Waals surface area contributed by atoms with Crippen molar-refractivity contribution in [3.05, 3.63) is 42.2 Å². The van der Waals surface area contributed by atoms with E-state index < -0.39 is 5.97 Å². The van der Waals surface area contributed by atoms with Crippen molar-refractivity contribution in [2.75, 3.05) is 0 Å². The average Bonchev–Trinajstić information content (AvgIpc) is 2.70. The Morgan fingerprint density at radius 2 is 1.87 bits per heavy atom. The molecule has 1 aromatic carbocycles. The molecular formula is C9H8KN3O2. The van der Waals surface area contributed by atoms with E-state index >= 15 is 0 Å². The maximum Gasteiger partial charge on any atom is 1.00 e. The van der Waals surface area contributed by atoms with Crippen LogP contribution in [-0.2, 0) is 0 Å². The molecule has 0 saturated carbocycles. The van der Waals surface area contributed by atoms with Gasteiger partial charge >= 0.3 is 57.4 Å². The minimum absolute atomic E-state index is 0. The Morgan fingerprint density at radius 1 is 1.27 bits per heavy atom. The van der Waals surface area contributed by atoms with Crippen LogP contribution in [0.1, 0.15) is 11.8 Å². The maximum absolute atomic E-state index is 10.8. The van der Waals surface area contributed by atoms with Crippen molar-refractivity contribution >= 4 is 5.97 Å². The van der Waals surface area contributed by atoms with Gasteiger partial charge in [0.05, 0.1) is 18.0 Å². The fourth-order valence-corrected chi connectivity index (χ4v) is 1.17. The molecule has 0 amide bonds. The summed E-state index contributed by atoms with van der Waals surface area (Å²) in [5.41, 5.74) is 0.647. The molecular weight excluding hydrogens is 221 g/mol. The third-order valence-electron chi connectivity index (χ3n) is 1.77. The van der Waals surface area contributed by atoms with E-state index in [0.29, 0.717) is 5.69 Å². The van der Waals surface area contributed by atoms with Crippen molar-refractivity contribution < 1.29 is 62.7 Å². The van der Waals surface area contributed by atoms with Crippen molar-refractivity contribution in [1.29, 1.82) is 0 Å². The van der Waals surface area contributed by atoms with E-state index in [1.807, 2.05) is 0 Å². The van der Waals surface area contributed by atoms with Gasteiger partial charge in [-0.05, 0) is 12.1 Å². The Labute approximate surface area is 130 Å². The molecule has 0 saturated heterocycles. The number of carboxylic acid groups (broad SMARTS) is 1. The zero-order valence-electron chi connectivity index (χ0n) is 9.16. The minimum atomic E-state index is -0.988. The molecule has 0 bridgehead atoms. The number of hydrogen-bond donors (Lipinski definition) is 1. The average molecular weight is 229 g/mol. The molecule has 1 N–H and O–H groups in total. The standard InChI is InChI=1S/C9H7N3O2.K.H/c13-9(14)7-3-1-2-4-8(7)12-10-5-6-11-12;;/h1-6H,(H,13,14);;/q;+1;-1. The Hall–Kier alpha value is -0.534. The second-order valence-electron chi connectivity index (χ2n) is 2.64. The topological polar surface area (TPSA) is 68.0 Å². The molecule has 2 aromatic rings. The van der Waals surface area contributed by atoms with Crippen molar-refractivity contribution in [3.63, 3.8) is 0 Å². The van der Waals surface area contributed by atoms with Gasteiger partial charge in [0.15, 0.2) is 0 Å². The summed E-state index contributed by atoms with van der Waals surface area (Å²) in [6, 6.07) is 6.58. The van der Waals surface area contributed by atoms with Crippen LogP contribution in [0.5, 0.6) is 0 Å². The zero-order valence-corrected chi connectivity index (χ0v) is 11.3. The second kappa shape index (κ2) is 5.52. The largest absolute Gasteiger partial charge is 1.00 e. The molecule has 0 aliphatic carbocycles. The summed E-state index contributed by atoms with van der Waals surface area (Å²) >= 11 is 0. The smallest absolute Gasteiger partial charge is 1.00 e. The van der Waals surface area contributed by atoms with Gasteiger partial charge in [0.1, 0.15) is 5.69 Å². The molecule has 2 rings (SSSR count). The van der Waals surface area contributed by atoms with Crippen molar-refractivity contribution in [2.24, 2.45) is 0 Å². The fraction of sp³-hybridized carbons (Fsp3) is 0. The quantitative estimate of drug-likeness (QED) is 0.610. The molecule has 5 nitrogen and oxygen atoms in total. The molecule has 0 fully saturated rings. The summed E-state index contributed by atoms with van der Waals surface area (Å²) in [6.45, 7) is 0. The number of para-hydroxylation sites is 1. The van der Waals surface area contributed by atoms with Crippen molar-refractivity contribution in [3.8, 4) is 5.69 Å². The Kier molecular flexibility index (Phi) is 4.62. The van der Waals surface area contributed by atoms with Crippen LogP contribution in [0.3, 0.4) is 0 Å². The van der Waals surface area contributed by atoms with Crippen LogP contribution in [0.4, 0.5) is 0 Å². The maximum atomic E-state index is 10.8. The molecule has 0 spiro atoms. The van der Waals surface area contributed by atoms with Gasteiger partial charge in [-0.3, -0.25) is 0 Å². The van der Waals surface area contributed by atoms with E-state index in [2.05, 4.69) is 10.2 Å². The molecule has 0 aliphatic heterocycles. The zero-order chi connectivity index (χ0) is 9.97. The molecule has 72 valence electrons. The summed E-state index contributed by atoms with van der Waals surface area (Å²) < 4.78 is 0. The molecule has 0 radical (unpaired) electrons. The summed E-state index contributed by atoms with van der Waals surface area (Å²) in [7, 11) is 0. The second-order valence-corrected chi connectivity index (χ2v) is 2.64. The number of carbonyl (C=O) groups is 1. The first-order chi connectivity index (χ1) is 6.79. The van der Waals surface area contributed by atoms with E-state index in [4.69, 9.17) is 5.11 Å². The van der Waals surface area contributed by atoms with Crippen LogP contribution in [0.2, 0.25) is 0 Å². The SMILES string of the molecule is O=C(O)c1ccccc1-n1nccn1.[H-].[K+]. The van der Waals surface area contributed by atoms with E-state index in [0.717, 1.165) is 0 Å². The van der Waals surface area contributed by atoms with Crippen LogP contribution >= 0.6 is 0 Å². The van der Waals surface area contributed by atoms with Crippen LogP contribution in [0, 0.1) is 0 Å². The molecule has 1 aromatic heterocycles. The van der Waals surface area contributed by atoms with Crippen LogP contribution < -0.4 is 51.4 Å². The number of nitrogens with zero attached hydrogens (tertiary/aromatic N) is 3. The minimum Gasteiger partial charge on any atom is -1.00 e. The predicted molar refractivity (Wildman–Crippen MR) is 49.4 cm³/mol. The van der Waals surface area contributed by atoms with Gasteiger partial charge in [0, 0.05) is 0 Å². The first-order valence-electron chi connectivity index (χ1n) is 3.98. The molecule has 0 aliphatic rings. The molecule has 6 heteroatoms. The molecule has 0 unspecified atom stereocenters. The summed E-state index contributed by atoms with van der Waals surface area (Å²) in [6.07, 6.45) is 3.00. The van der Waals surface area contributed by atoms with E-state index in [9.17, 15) is 4.79 Å². The number of aromatic carboxylic acids is 1. The van der Waals surface area contributed by atoms with Gasteiger partial charge in [0.2, 0.25) is 0 Å². The molecule has 1 heterocycles. The van der Waals surface area contributed by atoms with Gasteiger partial charge in [-0.1, -0.05) is 12.1 Å². The van der Waals surface area contributed by atoms with Gasteiger partial charge in [-0.25, -0.2) is 4.79 Å². The number of aromatic nitrogens is 3. The van der Waals surface area contributed by atoms with E-state index in [1.165, 1.54) is 23.3 Å². The fourth-order valence-electron chi connectivity index (χ4n) is 1.17. The Morgan fingerprint density at radius 3 is 2.47 bits per heavy atom. The summed E-state index contributed by atoms with van der Waals surface area (Å²) in [4.78, 5) is 12.1. The van der Waals surface area contributed by atoms with Crippen LogP contribution in [-0.4, -0.2) is 26.1 Å². The van der Waals surface area contributed by atoms with Crippen molar-refractivity contribution in [1.82, 2.24) is 15.0 Å². The molecule has 0 atom stereocenters. The summed E-state index contributed by atoms with van der Waals surface area (Å²) in [5, 5.41) is 16.6. The third-order valence-corrected chi connectivity index (χ3v) is 1.77. The van der Waals surface area contributed by atoms with Gasteiger partial charge < -0.3 is 6.53 Å². The monoisotopic (exact) mass is 229 g/mol. The third kappa shape index (κ3) is 2.73. The van der Waals surface area contributed by atoms with Gasteiger partial charge in [-0.2, -0.15) is 15.0 Å².